The lowest BCUT2D eigenvalue weighted by atomic mass is 10.2. The number of benzene rings is 2. The van der Waals surface area contributed by atoms with Gasteiger partial charge in [0.15, 0.2) is 6.61 Å². The molecule has 0 atom stereocenters. The largest absolute Gasteiger partial charge is 0.484 e. The van der Waals surface area contributed by atoms with Gasteiger partial charge >= 0.3 is 0 Å². The quantitative estimate of drug-likeness (QED) is 0.862. The summed E-state index contributed by atoms with van der Waals surface area (Å²) in [6.07, 6.45) is 0.715. The van der Waals surface area contributed by atoms with Gasteiger partial charge in [-0.25, -0.2) is 4.39 Å². The molecule has 0 unspecified atom stereocenters. The van der Waals surface area contributed by atoms with Gasteiger partial charge in [-0.15, -0.1) is 0 Å². The lowest BCUT2D eigenvalue weighted by Crippen LogP contribution is -2.20. The number of amides is 1. The lowest BCUT2D eigenvalue weighted by molar-refractivity contribution is -0.118. The molecule has 1 N–H and O–H groups in total. The average Bonchev–Trinajstić information content (AvgIpc) is 2.48. The maximum absolute atomic E-state index is 12.9. The normalized spacial score (nSPS) is 10.0. The highest BCUT2D eigenvalue weighted by Gasteiger charge is 2.07. The summed E-state index contributed by atoms with van der Waals surface area (Å²) in [6, 6.07) is 10.0. The Morgan fingerprint density at radius 1 is 1.24 bits per heavy atom. The summed E-state index contributed by atoms with van der Waals surface area (Å²) in [4.78, 5) is 22.2. The van der Waals surface area contributed by atoms with Gasteiger partial charge in [0.2, 0.25) is 0 Å². The Balaban J connectivity index is 1.90. The first-order chi connectivity index (χ1) is 10.1. The Labute approximate surface area is 125 Å². The van der Waals surface area contributed by atoms with Crippen molar-refractivity contribution in [1.29, 1.82) is 0 Å². The predicted octanol–water partition coefficient (Wildman–Crippen LogP) is 3.31. The van der Waals surface area contributed by atoms with E-state index in [2.05, 4.69) is 5.32 Å². The third kappa shape index (κ3) is 4.29. The third-order valence-electron chi connectivity index (χ3n) is 2.59. The summed E-state index contributed by atoms with van der Waals surface area (Å²) < 4.78 is 18.1. The van der Waals surface area contributed by atoms with E-state index in [1.165, 1.54) is 12.1 Å². The van der Waals surface area contributed by atoms with Crippen LogP contribution in [-0.4, -0.2) is 18.8 Å². The van der Waals surface area contributed by atoms with Gasteiger partial charge in [-0.1, -0.05) is 11.6 Å². The summed E-state index contributed by atoms with van der Waals surface area (Å²) in [6.45, 7) is -0.228. The molecule has 0 heterocycles. The van der Waals surface area contributed by atoms with E-state index in [0.717, 1.165) is 6.07 Å². The van der Waals surface area contributed by atoms with Crippen LogP contribution in [0.5, 0.6) is 5.75 Å². The molecule has 2 rings (SSSR count). The minimum absolute atomic E-state index is 0.110. The fourth-order valence-electron chi connectivity index (χ4n) is 1.57. The summed E-state index contributed by atoms with van der Waals surface area (Å²) in [5, 5.41) is 2.62. The van der Waals surface area contributed by atoms with Crippen LogP contribution in [0.25, 0.3) is 0 Å². The van der Waals surface area contributed by atoms with Gasteiger partial charge in [0, 0.05) is 5.56 Å². The first kappa shape index (κ1) is 15.0. The lowest BCUT2D eigenvalue weighted by Gasteiger charge is -2.09. The van der Waals surface area contributed by atoms with E-state index in [1.807, 2.05) is 0 Å². The first-order valence-electron chi connectivity index (χ1n) is 6.01. The molecule has 0 aliphatic heterocycles. The number of aldehydes is 1. The van der Waals surface area contributed by atoms with Crippen molar-refractivity contribution in [2.24, 2.45) is 0 Å². The number of nitrogens with one attached hydrogen (secondary N) is 1. The standard InChI is InChI=1S/C15H11ClFNO3/c16-13-7-11(17)3-6-14(13)18-15(20)9-21-12-4-1-10(8-19)2-5-12/h1-8H,9H2,(H,18,20). The zero-order valence-electron chi connectivity index (χ0n) is 10.8. The third-order valence-corrected chi connectivity index (χ3v) is 2.90. The number of hydrogen-bond acceptors (Lipinski definition) is 3. The molecule has 1 amide bonds. The van der Waals surface area contributed by atoms with Crippen LogP contribution in [0.15, 0.2) is 42.5 Å². The van der Waals surface area contributed by atoms with Gasteiger partial charge < -0.3 is 10.1 Å². The maximum Gasteiger partial charge on any atom is 0.262 e. The van der Waals surface area contributed by atoms with Gasteiger partial charge in [-0.05, 0) is 42.5 Å². The van der Waals surface area contributed by atoms with Crippen molar-refractivity contribution < 1.29 is 18.7 Å². The van der Waals surface area contributed by atoms with E-state index in [-0.39, 0.29) is 11.6 Å². The Morgan fingerprint density at radius 3 is 2.57 bits per heavy atom. The van der Waals surface area contributed by atoms with Crippen molar-refractivity contribution in [3.05, 3.63) is 58.9 Å². The van der Waals surface area contributed by atoms with Crippen molar-refractivity contribution in [3.8, 4) is 5.75 Å². The van der Waals surface area contributed by atoms with Crippen LogP contribution in [0.2, 0.25) is 5.02 Å². The average molecular weight is 308 g/mol. The highest BCUT2D eigenvalue weighted by molar-refractivity contribution is 6.33. The number of carbonyl (C=O) groups is 2. The highest BCUT2D eigenvalue weighted by Crippen LogP contribution is 2.22. The van der Waals surface area contributed by atoms with Crippen molar-refractivity contribution >= 4 is 29.5 Å². The minimum Gasteiger partial charge on any atom is -0.484 e. The molecule has 0 saturated carbocycles. The second kappa shape index (κ2) is 6.85. The SMILES string of the molecule is O=Cc1ccc(OCC(=O)Nc2ccc(F)cc2Cl)cc1. The van der Waals surface area contributed by atoms with Crippen molar-refractivity contribution in [2.45, 2.75) is 0 Å². The first-order valence-corrected chi connectivity index (χ1v) is 6.39. The molecule has 0 bridgehead atoms. The molecule has 0 spiro atoms. The molecular formula is C15H11ClFNO3. The summed E-state index contributed by atoms with van der Waals surface area (Å²) in [5.41, 5.74) is 0.827. The van der Waals surface area contributed by atoms with Crippen LogP contribution in [0.3, 0.4) is 0 Å². The van der Waals surface area contributed by atoms with Crippen LogP contribution >= 0.6 is 11.6 Å². The number of anilines is 1. The monoisotopic (exact) mass is 307 g/mol. The zero-order chi connectivity index (χ0) is 15.2. The number of halogens is 2. The molecule has 4 nitrogen and oxygen atoms in total. The van der Waals surface area contributed by atoms with E-state index in [1.54, 1.807) is 24.3 Å². The maximum atomic E-state index is 12.9. The number of carbonyl (C=O) groups excluding carboxylic acids is 2. The van der Waals surface area contributed by atoms with Gasteiger partial charge in [0.25, 0.3) is 5.91 Å². The number of rotatable bonds is 5. The minimum atomic E-state index is -0.482. The molecule has 0 fully saturated rings. The highest BCUT2D eigenvalue weighted by atomic mass is 35.5. The second-order valence-electron chi connectivity index (χ2n) is 4.15. The van der Waals surface area contributed by atoms with Crippen LogP contribution in [0.4, 0.5) is 10.1 Å². The molecule has 2 aromatic rings. The Bertz CT molecular complexity index is 658. The molecule has 21 heavy (non-hydrogen) atoms. The number of ether oxygens (including phenoxy) is 1. The molecule has 0 aliphatic carbocycles. The molecular weight excluding hydrogens is 297 g/mol. The topological polar surface area (TPSA) is 55.4 Å². The Morgan fingerprint density at radius 2 is 1.95 bits per heavy atom. The molecule has 0 radical (unpaired) electrons. The Hall–Kier alpha value is -2.40. The van der Waals surface area contributed by atoms with E-state index >= 15 is 0 Å². The smallest absolute Gasteiger partial charge is 0.262 e. The fraction of sp³-hybridized carbons (Fsp3) is 0.0667. The molecule has 6 heteroatoms. The second-order valence-corrected chi connectivity index (χ2v) is 4.56. The molecule has 108 valence electrons. The van der Waals surface area contributed by atoms with E-state index in [0.29, 0.717) is 23.3 Å². The zero-order valence-corrected chi connectivity index (χ0v) is 11.6. The molecule has 0 aliphatic rings. The van der Waals surface area contributed by atoms with E-state index < -0.39 is 11.7 Å². The van der Waals surface area contributed by atoms with Crippen molar-refractivity contribution in [3.63, 3.8) is 0 Å². The molecule has 0 saturated heterocycles. The van der Waals surface area contributed by atoms with Gasteiger partial charge in [0.05, 0.1) is 10.7 Å². The van der Waals surface area contributed by atoms with Crippen LogP contribution in [0, 0.1) is 5.82 Å². The van der Waals surface area contributed by atoms with Crippen LogP contribution in [0.1, 0.15) is 10.4 Å². The van der Waals surface area contributed by atoms with Gasteiger partial charge in [0.1, 0.15) is 17.9 Å². The van der Waals surface area contributed by atoms with Crippen molar-refractivity contribution in [2.75, 3.05) is 11.9 Å². The number of hydrogen-bond donors (Lipinski definition) is 1. The fourth-order valence-corrected chi connectivity index (χ4v) is 1.78. The van der Waals surface area contributed by atoms with Crippen LogP contribution < -0.4 is 10.1 Å². The van der Waals surface area contributed by atoms with Gasteiger partial charge in [-0.2, -0.15) is 0 Å². The summed E-state index contributed by atoms with van der Waals surface area (Å²) >= 11 is 5.80. The molecule has 2 aromatic carbocycles. The van der Waals surface area contributed by atoms with Gasteiger partial charge in [-0.3, -0.25) is 9.59 Å². The summed E-state index contributed by atoms with van der Waals surface area (Å²) in [7, 11) is 0. The Kier molecular flexibility index (Phi) is 4.90. The van der Waals surface area contributed by atoms with E-state index in [9.17, 15) is 14.0 Å². The molecule has 0 aromatic heterocycles. The van der Waals surface area contributed by atoms with E-state index in [4.69, 9.17) is 16.3 Å². The van der Waals surface area contributed by atoms with Crippen molar-refractivity contribution in [1.82, 2.24) is 0 Å². The van der Waals surface area contributed by atoms with Crippen LogP contribution in [-0.2, 0) is 4.79 Å². The summed E-state index contributed by atoms with van der Waals surface area (Å²) in [5.74, 6) is -0.451. The predicted molar refractivity (Wildman–Crippen MR) is 77.4 cm³/mol.